The van der Waals surface area contributed by atoms with Crippen LogP contribution in [0.4, 0.5) is 14.5 Å². The summed E-state index contributed by atoms with van der Waals surface area (Å²) in [7, 11) is 1.59. The van der Waals surface area contributed by atoms with Gasteiger partial charge in [0, 0.05) is 18.1 Å². The number of aromatic nitrogens is 2. The topological polar surface area (TPSA) is 39.1 Å². The van der Waals surface area contributed by atoms with Crippen LogP contribution in [-0.4, -0.2) is 16.7 Å². The summed E-state index contributed by atoms with van der Waals surface area (Å²) in [6.07, 6.45) is 2.62. The molecule has 0 radical (unpaired) electrons. The molecule has 2 rings (SSSR count). The molecule has 18 heavy (non-hydrogen) atoms. The van der Waals surface area contributed by atoms with Crippen LogP contribution >= 0.6 is 0 Å². The van der Waals surface area contributed by atoms with Crippen molar-refractivity contribution >= 4 is 5.69 Å². The van der Waals surface area contributed by atoms with Crippen LogP contribution in [0, 0.1) is 0 Å². The van der Waals surface area contributed by atoms with Gasteiger partial charge in [-0.15, -0.1) is 0 Å². The van der Waals surface area contributed by atoms with Gasteiger partial charge in [0.05, 0.1) is 13.7 Å². The van der Waals surface area contributed by atoms with Crippen LogP contribution in [0.15, 0.2) is 36.7 Å². The lowest BCUT2D eigenvalue weighted by atomic mass is 10.3. The van der Waals surface area contributed by atoms with E-state index in [1.807, 2.05) is 12.1 Å². The van der Waals surface area contributed by atoms with Crippen LogP contribution in [0.1, 0.15) is 12.4 Å². The van der Waals surface area contributed by atoms with Gasteiger partial charge in [-0.2, -0.15) is 8.78 Å². The largest absolute Gasteiger partial charge is 0.497 e. The molecular weight excluding hydrogens is 240 g/mol. The minimum absolute atomic E-state index is 0.240. The second-order valence-corrected chi connectivity index (χ2v) is 3.61. The van der Waals surface area contributed by atoms with Gasteiger partial charge >= 0.3 is 6.55 Å². The summed E-state index contributed by atoms with van der Waals surface area (Å²) in [5.41, 5.74) is 0.819. The number of ether oxygens (including phenoxy) is 1. The van der Waals surface area contributed by atoms with Gasteiger partial charge in [-0.05, 0) is 24.3 Å². The maximum absolute atomic E-state index is 12.6. The van der Waals surface area contributed by atoms with Crippen LogP contribution in [0.2, 0.25) is 0 Å². The molecule has 96 valence electrons. The van der Waals surface area contributed by atoms with Crippen molar-refractivity contribution in [2.45, 2.75) is 13.1 Å². The first-order chi connectivity index (χ1) is 8.70. The van der Waals surface area contributed by atoms with E-state index in [4.69, 9.17) is 4.74 Å². The SMILES string of the molecule is COc1ccc(NCc2nccn2C(F)F)cc1. The van der Waals surface area contributed by atoms with Crippen molar-refractivity contribution in [3.63, 3.8) is 0 Å². The van der Waals surface area contributed by atoms with E-state index in [0.717, 1.165) is 16.0 Å². The van der Waals surface area contributed by atoms with E-state index in [0.29, 0.717) is 5.82 Å². The van der Waals surface area contributed by atoms with Gasteiger partial charge < -0.3 is 10.1 Å². The van der Waals surface area contributed by atoms with Gasteiger partial charge in [-0.25, -0.2) is 4.98 Å². The van der Waals surface area contributed by atoms with Crippen LogP contribution in [0.5, 0.6) is 5.75 Å². The van der Waals surface area contributed by atoms with Gasteiger partial charge in [-0.1, -0.05) is 0 Å². The Balaban J connectivity index is 2.00. The van der Waals surface area contributed by atoms with Crippen molar-refractivity contribution in [1.29, 1.82) is 0 Å². The number of nitrogens with one attached hydrogen (secondary N) is 1. The first-order valence-electron chi connectivity index (χ1n) is 5.38. The minimum atomic E-state index is -2.57. The van der Waals surface area contributed by atoms with E-state index in [-0.39, 0.29) is 6.54 Å². The van der Waals surface area contributed by atoms with Crippen molar-refractivity contribution in [2.24, 2.45) is 0 Å². The number of imidazole rings is 1. The molecule has 0 aliphatic heterocycles. The van der Waals surface area contributed by atoms with E-state index in [1.54, 1.807) is 19.2 Å². The lowest BCUT2D eigenvalue weighted by Gasteiger charge is -2.09. The smallest absolute Gasteiger partial charge is 0.319 e. The molecule has 2 aromatic rings. The van der Waals surface area contributed by atoms with E-state index < -0.39 is 6.55 Å². The third-order valence-corrected chi connectivity index (χ3v) is 2.50. The molecule has 0 fully saturated rings. The zero-order valence-corrected chi connectivity index (χ0v) is 9.81. The standard InChI is InChI=1S/C12H13F2N3O/c1-18-10-4-2-9(3-5-10)16-8-11-15-6-7-17(11)12(13)14/h2-7,12,16H,8H2,1H3. The molecule has 0 saturated heterocycles. The Kier molecular flexibility index (Phi) is 3.76. The van der Waals surface area contributed by atoms with Gasteiger partial charge in [0.25, 0.3) is 0 Å². The second-order valence-electron chi connectivity index (χ2n) is 3.61. The van der Waals surface area contributed by atoms with Crippen LogP contribution in [0.3, 0.4) is 0 Å². The normalized spacial score (nSPS) is 10.7. The highest BCUT2D eigenvalue weighted by atomic mass is 19.3. The van der Waals surface area contributed by atoms with Crippen LogP contribution < -0.4 is 10.1 Å². The minimum Gasteiger partial charge on any atom is -0.497 e. The highest BCUT2D eigenvalue weighted by Crippen LogP contribution is 2.17. The molecule has 0 saturated carbocycles. The Bertz CT molecular complexity index is 496. The summed E-state index contributed by atoms with van der Waals surface area (Å²) in [6.45, 7) is -2.33. The number of hydrogen-bond donors (Lipinski definition) is 1. The Labute approximate surface area is 103 Å². The van der Waals surface area contributed by atoms with Gasteiger partial charge in [0.1, 0.15) is 11.6 Å². The molecule has 1 aromatic heterocycles. The fourth-order valence-corrected chi connectivity index (χ4v) is 1.55. The molecule has 6 heteroatoms. The molecule has 1 N–H and O–H groups in total. The number of benzene rings is 1. The Hall–Kier alpha value is -2.11. The number of rotatable bonds is 5. The molecule has 0 amide bonds. The molecule has 0 aliphatic carbocycles. The van der Waals surface area contributed by atoms with Crippen LogP contribution in [-0.2, 0) is 6.54 Å². The molecule has 1 aromatic carbocycles. The number of methoxy groups -OCH3 is 1. The first-order valence-corrected chi connectivity index (χ1v) is 5.38. The van der Waals surface area contributed by atoms with Gasteiger partial charge in [-0.3, -0.25) is 4.57 Å². The van der Waals surface area contributed by atoms with E-state index >= 15 is 0 Å². The third-order valence-electron chi connectivity index (χ3n) is 2.50. The third kappa shape index (κ3) is 2.77. The summed E-state index contributed by atoms with van der Waals surface area (Å²) < 4.78 is 31.0. The maximum Gasteiger partial charge on any atom is 0.319 e. The number of hydrogen-bond acceptors (Lipinski definition) is 3. The maximum atomic E-state index is 12.6. The predicted molar refractivity (Wildman–Crippen MR) is 63.8 cm³/mol. The number of halogens is 2. The summed E-state index contributed by atoms with van der Waals surface area (Å²) in [5, 5.41) is 3.02. The van der Waals surface area contributed by atoms with Gasteiger partial charge in [0.2, 0.25) is 0 Å². The quantitative estimate of drug-likeness (QED) is 0.890. The van der Waals surface area contributed by atoms with E-state index in [1.165, 1.54) is 12.4 Å². The van der Waals surface area contributed by atoms with Crippen molar-refractivity contribution < 1.29 is 13.5 Å². The fourth-order valence-electron chi connectivity index (χ4n) is 1.55. The summed E-state index contributed by atoms with van der Waals surface area (Å²) in [6, 6.07) is 7.22. The summed E-state index contributed by atoms with van der Waals surface area (Å²) in [4.78, 5) is 3.88. The summed E-state index contributed by atoms with van der Waals surface area (Å²) in [5.74, 6) is 1.04. The van der Waals surface area contributed by atoms with Crippen LogP contribution in [0.25, 0.3) is 0 Å². The molecule has 0 spiro atoms. The van der Waals surface area contributed by atoms with Crippen molar-refractivity contribution in [1.82, 2.24) is 9.55 Å². The average Bonchev–Trinajstić information content (AvgIpc) is 2.85. The molecule has 0 aliphatic rings. The Morgan fingerprint density at radius 2 is 2.06 bits per heavy atom. The highest BCUT2D eigenvalue weighted by Gasteiger charge is 2.10. The highest BCUT2D eigenvalue weighted by molar-refractivity contribution is 5.46. The first kappa shape index (κ1) is 12.3. The molecule has 1 heterocycles. The van der Waals surface area contributed by atoms with E-state index in [2.05, 4.69) is 10.3 Å². The number of anilines is 1. The Morgan fingerprint density at radius 1 is 1.33 bits per heavy atom. The zero-order valence-electron chi connectivity index (χ0n) is 9.81. The lowest BCUT2D eigenvalue weighted by Crippen LogP contribution is -2.08. The Morgan fingerprint density at radius 3 is 2.67 bits per heavy atom. The summed E-state index contributed by atoms with van der Waals surface area (Å²) >= 11 is 0. The second kappa shape index (κ2) is 5.48. The number of alkyl halides is 2. The van der Waals surface area contributed by atoms with Crippen molar-refractivity contribution in [3.8, 4) is 5.75 Å². The van der Waals surface area contributed by atoms with Crippen molar-refractivity contribution in [2.75, 3.05) is 12.4 Å². The van der Waals surface area contributed by atoms with E-state index in [9.17, 15) is 8.78 Å². The molecule has 0 bridgehead atoms. The monoisotopic (exact) mass is 253 g/mol. The number of nitrogens with zero attached hydrogens (tertiary/aromatic N) is 2. The van der Waals surface area contributed by atoms with Gasteiger partial charge in [0.15, 0.2) is 0 Å². The van der Waals surface area contributed by atoms with Crippen molar-refractivity contribution in [3.05, 3.63) is 42.5 Å². The molecule has 0 atom stereocenters. The zero-order chi connectivity index (χ0) is 13.0. The molecular formula is C12H13F2N3O. The fraction of sp³-hybridized carbons (Fsp3) is 0.250. The molecule has 0 unspecified atom stereocenters. The lowest BCUT2D eigenvalue weighted by molar-refractivity contribution is 0.0673. The predicted octanol–water partition coefficient (Wildman–Crippen LogP) is 2.90. The average molecular weight is 253 g/mol. The molecule has 4 nitrogen and oxygen atoms in total.